The van der Waals surface area contributed by atoms with Crippen molar-refractivity contribution < 1.29 is 28.5 Å². The molecule has 17 heavy (non-hydrogen) atoms. The van der Waals surface area contributed by atoms with Gasteiger partial charge in [0.05, 0.1) is 6.61 Å². The highest BCUT2D eigenvalue weighted by Gasteiger charge is 2.35. The van der Waals surface area contributed by atoms with Gasteiger partial charge in [0, 0.05) is 11.8 Å². The first-order chi connectivity index (χ1) is 7.77. The minimum atomic E-state index is -4.85. The minimum absolute atomic E-state index is 0.335. The van der Waals surface area contributed by atoms with Gasteiger partial charge in [-0.15, -0.1) is 0 Å². The van der Waals surface area contributed by atoms with E-state index in [9.17, 15) is 23.1 Å². The van der Waals surface area contributed by atoms with Gasteiger partial charge in [-0.1, -0.05) is 0 Å². The van der Waals surface area contributed by atoms with Gasteiger partial charge in [-0.25, -0.2) is 0 Å². The molecule has 0 aliphatic carbocycles. The molecule has 0 amide bonds. The molecule has 1 rings (SSSR count). The highest BCUT2D eigenvalue weighted by Crippen LogP contribution is 2.28. The molecule has 8 heteroatoms. The summed E-state index contributed by atoms with van der Waals surface area (Å²) in [5, 5.41) is 27.0. The lowest BCUT2D eigenvalue weighted by molar-refractivity contribution is -0.138. The summed E-state index contributed by atoms with van der Waals surface area (Å²) in [6.45, 7) is -0.818. The fourth-order valence-corrected chi connectivity index (χ4v) is 1.20. The van der Waals surface area contributed by atoms with Crippen LogP contribution in [0.1, 0.15) is 17.2 Å². The van der Waals surface area contributed by atoms with Gasteiger partial charge < -0.3 is 20.3 Å². The number of aromatic nitrogens is 1. The van der Waals surface area contributed by atoms with Gasteiger partial charge >= 0.3 is 6.18 Å². The van der Waals surface area contributed by atoms with E-state index < -0.39 is 36.1 Å². The van der Waals surface area contributed by atoms with E-state index in [-0.39, 0.29) is 5.56 Å². The summed E-state index contributed by atoms with van der Waals surface area (Å²) >= 11 is 0. The van der Waals surface area contributed by atoms with Crippen LogP contribution in [0, 0.1) is 0 Å². The minimum Gasteiger partial charge on any atom is -0.394 e. The third kappa shape index (κ3) is 3.05. The van der Waals surface area contributed by atoms with Crippen LogP contribution in [0.25, 0.3) is 0 Å². The van der Waals surface area contributed by atoms with Gasteiger partial charge in [0.2, 0.25) is 0 Å². The Bertz CT molecular complexity index is 443. The second-order valence-electron chi connectivity index (χ2n) is 3.37. The summed E-state index contributed by atoms with van der Waals surface area (Å²) in [5.41, 5.74) is -3.15. The number of pyridine rings is 1. The van der Waals surface area contributed by atoms with Gasteiger partial charge in [0.1, 0.15) is 17.8 Å². The van der Waals surface area contributed by atoms with E-state index in [1.54, 1.807) is 4.98 Å². The quantitative estimate of drug-likeness (QED) is 0.599. The maximum absolute atomic E-state index is 12.4. The zero-order valence-electron chi connectivity index (χ0n) is 8.40. The van der Waals surface area contributed by atoms with Crippen molar-refractivity contribution in [3.63, 3.8) is 0 Å². The highest BCUT2D eigenvalue weighted by molar-refractivity contribution is 5.23. The van der Waals surface area contributed by atoms with E-state index in [1.165, 1.54) is 0 Å². The number of halogens is 3. The van der Waals surface area contributed by atoms with Crippen LogP contribution in [0.4, 0.5) is 13.2 Å². The first-order valence-electron chi connectivity index (χ1n) is 4.54. The second kappa shape index (κ2) is 4.86. The number of aliphatic hydroxyl groups excluding tert-OH is 3. The van der Waals surface area contributed by atoms with E-state index in [0.29, 0.717) is 6.07 Å². The standard InChI is InChI=1S/C9H10F3NO4/c10-9(11,12)5-1-4(2-13-8(5)17)7(16)6(15)3-14/h1-2,6-7,14-16H,3H2,(H,13,17). The average Bonchev–Trinajstić information content (AvgIpc) is 2.26. The summed E-state index contributed by atoms with van der Waals surface area (Å²) in [6.07, 6.45) is -7.34. The van der Waals surface area contributed by atoms with Crippen molar-refractivity contribution in [3.8, 4) is 0 Å². The molecule has 1 aromatic rings. The van der Waals surface area contributed by atoms with Crippen molar-refractivity contribution in [2.75, 3.05) is 6.61 Å². The van der Waals surface area contributed by atoms with E-state index in [2.05, 4.69) is 0 Å². The third-order valence-corrected chi connectivity index (χ3v) is 2.12. The van der Waals surface area contributed by atoms with E-state index in [1.807, 2.05) is 0 Å². The molecular weight excluding hydrogens is 243 g/mol. The molecule has 1 heterocycles. The molecule has 0 aromatic carbocycles. The molecule has 0 saturated carbocycles. The van der Waals surface area contributed by atoms with Crippen molar-refractivity contribution in [1.82, 2.24) is 4.98 Å². The summed E-state index contributed by atoms with van der Waals surface area (Å²) in [7, 11) is 0. The predicted molar refractivity (Wildman–Crippen MR) is 50.1 cm³/mol. The molecule has 5 nitrogen and oxygen atoms in total. The summed E-state index contributed by atoms with van der Waals surface area (Å²) in [5.74, 6) is 0. The van der Waals surface area contributed by atoms with Crippen LogP contribution in [-0.2, 0) is 6.18 Å². The smallest absolute Gasteiger partial charge is 0.394 e. The number of alkyl halides is 3. The monoisotopic (exact) mass is 253 g/mol. The average molecular weight is 253 g/mol. The molecule has 0 saturated heterocycles. The maximum Gasteiger partial charge on any atom is 0.421 e. The SMILES string of the molecule is O=c1[nH]cc(C(O)C(O)CO)cc1C(F)(F)F. The number of hydrogen-bond donors (Lipinski definition) is 4. The van der Waals surface area contributed by atoms with E-state index in [0.717, 1.165) is 6.20 Å². The van der Waals surface area contributed by atoms with Crippen LogP contribution in [0.15, 0.2) is 17.1 Å². The molecule has 0 spiro atoms. The zero-order chi connectivity index (χ0) is 13.2. The van der Waals surface area contributed by atoms with Gasteiger partial charge in [0.15, 0.2) is 0 Å². The summed E-state index contributed by atoms with van der Waals surface area (Å²) in [6, 6.07) is 0.433. The Morgan fingerprint density at radius 3 is 2.41 bits per heavy atom. The molecular formula is C9H10F3NO4. The largest absolute Gasteiger partial charge is 0.421 e. The van der Waals surface area contributed by atoms with Crippen LogP contribution in [0.2, 0.25) is 0 Å². The van der Waals surface area contributed by atoms with Gasteiger partial charge in [-0.05, 0) is 6.07 Å². The van der Waals surface area contributed by atoms with Crippen LogP contribution in [0.3, 0.4) is 0 Å². The first-order valence-corrected chi connectivity index (χ1v) is 4.54. The lowest BCUT2D eigenvalue weighted by Gasteiger charge is -2.16. The number of nitrogens with one attached hydrogen (secondary N) is 1. The molecule has 0 aliphatic heterocycles. The van der Waals surface area contributed by atoms with E-state index >= 15 is 0 Å². The number of aromatic amines is 1. The molecule has 0 aliphatic rings. The third-order valence-electron chi connectivity index (χ3n) is 2.12. The Morgan fingerprint density at radius 1 is 1.35 bits per heavy atom. The van der Waals surface area contributed by atoms with Crippen molar-refractivity contribution in [1.29, 1.82) is 0 Å². The molecule has 2 atom stereocenters. The number of aliphatic hydroxyl groups is 3. The predicted octanol–water partition coefficient (Wildman–Crippen LogP) is -0.220. The molecule has 4 N–H and O–H groups in total. The number of hydrogen-bond acceptors (Lipinski definition) is 4. The zero-order valence-corrected chi connectivity index (χ0v) is 8.40. The molecule has 0 fully saturated rings. The second-order valence-corrected chi connectivity index (χ2v) is 3.37. The summed E-state index contributed by atoms with van der Waals surface area (Å²) < 4.78 is 37.1. The van der Waals surface area contributed by atoms with Crippen molar-refractivity contribution in [2.45, 2.75) is 18.4 Å². The Kier molecular flexibility index (Phi) is 3.91. The lowest BCUT2D eigenvalue weighted by atomic mass is 10.1. The van der Waals surface area contributed by atoms with Gasteiger partial charge in [0.25, 0.3) is 5.56 Å². The van der Waals surface area contributed by atoms with Gasteiger partial charge in [-0.2, -0.15) is 13.2 Å². The maximum atomic E-state index is 12.4. The van der Waals surface area contributed by atoms with Crippen LogP contribution >= 0.6 is 0 Å². The van der Waals surface area contributed by atoms with Crippen LogP contribution in [-0.4, -0.2) is 33.0 Å². The molecule has 96 valence electrons. The molecule has 1 aromatic heterocycles. The Labute approximate surface area is 93.2 Å². The Balaban J connectivity index is 3.18. The lowest BCUT2D eigenvalue weighted by Crippen LogP contribution is -2.26. The molecule has 2 unspecified atom stereocenters. The molecule has 0 bridgehead atoms. The normalized spacial score (nSPS) is 15.6. The Morgan fingerprint density at radius 2 is 1.94 bits per heavy atom. The van der Waals surface area contributed by atoms with Crippen molar-refractivity contribution >= 4 is 0 Å². The number of H-pyrrole nitrogens is 1. The fourth-order valence-electron chi connectivity index (χ4n) is 1.20. The van der Waals surface area contributed by atoms with Crippen LogP contribution in [0.5, 0.6) is 0 Å². The van der Waals surface area contributed by atoms with E-state index in [4.69, 9.17) is 10.2 Å². The highest BCUT2D eigenvalue weighted by atomic mass is 19.4. The molecule has 0 radical (unpaired) electrons. The summed E-state index contributed by atoms with van der Waals surface area (Å²) in [4.78, 5) is 12.7. The topological polar surface area (TPSA) is 93.6 Å². The van der Waals surface area contributed by atoms with Gasteiger partial charge in [-0.3, -0.25) is 4.79 Å². The Hall–Kier alpha value is -1.38. The van der Waals surface area contributed by atoms with Crippen molar-refractivity contribution in [2.24, 2.45) is 0 Å². The van der Waals surface area contributed by atoms with Crippen molar-refractivity contribution in [3.05, 3.63) is 33.7 Å². The van der Waals surface area contributed by atoms with Crippen LogP contribution < -0.4 is 5.56 Å². The first kappa shape index (κ1) is 13.7. The fraction of sp³-hybridized carbons (Fsp3) is 0.444. The number of rotatable bonds is 3.